The molecule has 0 amide bonds. The Labute approximate surface area is 460 Å². The molecule has 0 bridgehead atoms. The van der Waals surface area contributed by atoms with Gasteiger partial charge < -0.3 is 14.2 Å². The quantitative estimate of drug-likeness (QED) is 0.0261. The van der Waals surface area contributed by atoms with Crippen LogP contribution in [-0.4, -0.2) is 37.2 Å². The minimum Gasteiger partial charge on any atom is -0.462 e. The number of allylic oxidation sites excluding steroid dienone is 8. The first-order chi connectivity index (χ1) is 36.5. The third-order valence-corrected chi connectivity index (χ3v) is 14.6. The molecule has 0 radical (unpaired) electrons. The van der Waals surface area contributed by atoms with E-state index in [0.717, 1.165) is 83.5 Å². The zero-order chi connectivity index (χ0) is 53.6. The summed E-state index contributed by atoms with van der Waals surface area (Å²) in [6.45, 7) is 6.57. The molecule has 6 nitrogen and oxygen atoms in total. The van der Waals surface area contributed by atoms with Crippen LogP contribution in [0.5, 0.6) is 0 Å². The number of ether oxygens (including phenoxy) is 3. The number of carbonyl (C=O) groups is 3. The van der Waals surface area contributed by atoms with Gasteiger partial charge in [0.1, 0.15) is 13.2 Å². The number of hydrogen-bond acceptors (Lipinski definition) is 6. The Bertz CT molecular complexity index is 1280. The molecule has 74 heavy (non-hydrogen) atoms. The van der Waals surface area contributed by atoms with Crippen molar-refractivity contribution in [2.75, 3.05) is 13.2 Å². The first kappa shape index (κ1) is 71.4. The van der Waals surface area contributed by atoms with Gasteiger partial charge in [-0.2, -0.15) is 0 Å². The van der Waals surface area contributed by atoms with Gasteiger partial charge in [0.15, 0.2) is 6.10 Å². The first-order valence-electron chi connectivity index (χ1n) is 32.6. The van der Waals surface area contributed by atoms with E-state index in [4.69, 9.17) is 14.2 Å². The Balaban J connectivity index is 4.19. The van der Waals surface area contributed by atoms with Crippen LogP contribution in [0.25, 0.3) is 0 Å². The molecule has 0 saturated carbocycles. The molecule has 0 aromatic heterocycles. The fourth-order valence-corrected chi connectivity index (χ4v) is 9.73. The number of esters is 3. The lowest BCUT2D eigenvalue weighted by molar-refractivity contribution is -0.167. The van der Waals surface area contributed by atoms with Crippen LogP contribution in [0.4, 0.5) is 0 Å². The summed E-state index contributed by atoms with van der Waals surface area (Å²) in [6, 6.07) is 0. The summed E-state index contributed by atoms with van der Waals surface area (Å²) in [7, 11) is 0. The molecule has 0 fully saturated rings. The van der Waals surface area contributed by atoms with Gasteiger partial charge in [-0.05, 0) is 57.8 Å². The van der Waals surface area contributed by atoms with Gasteiger partial charge in [0.25, 0.3) is 0 Å². The maximum Gasteiger partial charge on any atom is 0.306 e. The number of unbranched alkanes of at least 4 members (excludes halogenated alkanes) is 41. The van der Waals surface area contributed by atoms with Gasteiger partial charge in [0.05, 0.1) is 0 Å². The maximum atomic E-state index is 12.9. The SMILES string of the molecule is CC/C=C\C/C=C\C/C=C\C/C=C\CCCCCCCCCCCCCCC(=O)OCC(COC(=O)CCCCCCCCCCCC)OC(=O)CCCCCCCCCCCCCCCCCCCCCCC. The normalized spacial score (nSPS) is 12.3. The molecule has 0 aliphatic heterocycles. The number of hydrogen-bond donors (Lipinski definition) is 0. The highest BCUT2D eigenvalue weighted by atomic mass is 16.6. The van der Waals surface area contributed by atoms with Gasteiger partial charge >= 0.3 is 17.9 Å². The lowest BCUT2D eigenvalue weighted by Crippen LogP contribution is -2.30. The van der Waals surface area contributed by atoms with Crippen LogP contribution >= 0.6 is 0 Å². The minimum absolute atomic E-state index is 0.0679. The lowest BCUT2D eigenvalue weighted by Gasteiger charge is -2.18. The van der Waals surface area contributed by atoms with Gasteiger partial charge in [0, 0.05) is 19.3 Å². The van der Waals surface area contributed by atoms with Crippen molar-refractivity contribution >= 4 is 17.9 Å². The summed E-state index contributed by atoms with van der Waals surface area (Å²) >= 11 is 0. The van der Waals surface area contributed by atoms with Crippen molar-refractivity contribution in [2.24, 2.45) is 0 Å². The first-order valence-corrected chi connectivity index (χ1v) is 32.6. The Morgan fingerprint density at radius 2 is 0.527 bits per heavy atom. The zero-order valence-electron chi connectivity index (χ0n) is 49.6. The fourth-order valence-electron chi connectivity index (χ4n) is 9.73. The average molecular weight is 1040 g/mol. The van der Waals surface area contributed by atoms with Gasteiger partial charge in [0.2, 0.25) is 0 Å². The van der Waals surface area contributed by atoms with Gasteiger partial charge in [-0.25, -0.2) is 0 Å². The second-order valence-corrected chi connectivity index (χ2v) is 22.0. The topological polar surface area (TPSA) is 78.9 Å². The molecule has 0 rings (SSSR count). The summed E-state index contributed by atoms with van der Waals surface area (Å²) in [5.74, 6) is -0.848. The monoisotopic (exact) mass is 1040 g/mol. The third kappa shape index (κ3) is 60.2. The molecular formula is C68H124O6. The van der Waals surface area contributed by atoms with Crippen LogP contribution in [0.1, 0.15) is 348 Å². The van der Waals surface area contributed by atoms with E-state index >= 15 is 0 Å². The molecule has 0 heterocycles. The molecule has 0 N–H and O–H groups in total. The van der Waals surface area contributed by atoms with E-state index in [1.807, 2.05) is 0 Å². The highest BCUT2D eigenvalue weighted by molar-refractivity contribution is 5.71. The van der Waals surface area contributed by atoms with E-state index in [0.29, 0.717) is 19.3 Å². The van der Waals surface area contributed by atoms with Crippen molar-refractivity contribution in [1.29, 1.82) is 0 Å². The second-order valence-electron chi connectivity index (χ2n) is 22.0. The standard InChI is InChI=1S/C68H124O6/c1-4-7-10-13-16-19-22-24-26-28-30-32-33-34-35-37-38-40-42-44-46-49-52-55-58-61-67(70)73-64-65(63-72-66(69)60-57-54-51-48-21-18-15-12-9-6-3)74-68(71)62-59-56-53-50-47-45-43-41-39-36-31-29-27-25-23-20-17-14-11-8-5-2/h7,10,16,19,24,26,30,32,65H,4-6,8-9,11-15,17-18,20-23,25,27-29,31,33-64H2,1-3H3/b10-7-,19-16-,26-24-,32-30-. The lowest BCUT2D eigenvalue weighted by atomic mass is 10.0. The molecule has 432 valence electrons. The highest BCUT2D eigenvalue weighted by Crippen LogP contribution is 2.18. The van der Waals surface area contributed by atoms with Crippen LogP contribution in [0.3, 0.4) is 0 Å². The van der Waals surface area contributed by atoms with E-state index in [1.54, 1.807) is 0 Å². The van der Waals surface area contributed by atoms with E-state index < -0.39 is 6.10 Å². The molecule has 1 unspecified atom stereocenters. The van der Waals surface area contributed by atoms with E-state index in [2.05, 4.69) is 69.4 Å². The molecule has 0 aliphatic carbocycles. The smallest absolute Gasteiger partial charge is 0.306 e. The Morgan fingerprint density at radius 3 is 0.824 bits per heavy atom. The zero-order valence-corrected chi connectivity index (χ0v) is 49.6. The van der Waals surface area contributed by atoms with Crippen LogP contribution in [-0.2, 0) is 28.6 Å². The van der Waals surface area contributed by atoms with Crippen molar-refractivity contribution in [3.05, 3.63) is 48.6 Å². The summed E-state index contributed by atoms with van der Waals surface area (Å²) in [4.78, 5) is 38.2. The molecule has 0 aromatic rings. The molecule has 1 atom stereocenters. The van der Waals surface area contributed by atoms with Crippen molar-refractivity contribution in [2.45, 2.75) is 354 Å². The maximum absolute atomic E-state index is 12.9. The summed E-state index contributed by atoms with van der Waals surface area (Å²) < 4.78 is 16.9. The molecule has 0 spiro atoms. The molecule has 0 saturated heterocycles. The highest BCUT2D eigenvalue weighted by Gasteiger charge is 2.19. The van der Waals surface area contributed by atoms with E-state index in [9.17, 15) is 14.4 Å². The summed E-state index contributed by atoms with van der Waals surface area (Å²) in [5, 5.41) is 0. The van der Waals surface area contributed by atoms with Crippen LogP contribution < -0.4 is 0 Å². The van der Waals surface area contributed by atoms with E-state index in [1.165, 1.54) is 225 Å². The predicted octanol–water partition coefficient (Wildman–Crippen LogP) is 22.2. The fraction of sp³-hybridized carbons (Fsp3) is 0.838. The van der Waals surface area contributed by atoms with Gasteiger partial charge in [-0.15, -0.1) is 0 Å². The van der Waals surface area contributed by atoms with Crippen molar-refractivity contribution in [3.8, 4) is 0 Å². The average Bonchev–Trinajstić information content (AvgIpc) is 3.40. The summed E-state index contributed by atoms with van der Waals surface area (Å²) in [5.41, 5.74) is 0. The van der Waals surface area contributed by atoms with Crippen LogP contribution in [0.15, 0.2) is 48.6 Å². The van der Waals surface area contributed by atoms with Crippen molar-refractivity contribution in [1.82, 2.24) is 0 Å². The van der Waals surface area contributed by atoms with Gasteiger partial charge in [-0.3, -0.25) is 14.4 Å². The largest absolute Gasteiger partial charge is 0.462 e. The third-order valence-electron chi connectivity index (χ3n) is 14.6. The molecule has 6 heteroatoms. The Morgan fingerprint density at radius 1 is 0.284 bits per heavy atom. The number of rotatable bonds is 60. The predicted molar refractivity (Wildman–Crippen MR) is 321 cm³/mol. The molecule has 0 aromatic carbocycles. The van der Waals surface area contributed by atoms with Crippen LogP contribution in [0.2, 0.25) is 0 Å². The van der Waals surface area contributed by atoms with Crippen LogP contribution in [0, 0.1) is 0 Å². The number of carbonyl (C=O) groups excluding carboxylic acids is 3. The van der Waals surface area contributed by atoms with Crippen molar-refractivity contribution in [3.63, 3.8) is 0 Å². The Hall–Kier alpha value is -2.63. The molecule has 0 aliphatic rings. The second kappa shape index (κ2) is 62.9. The minimum atomic E-state index is -0.769. The Kier molecular flexibility index (Phi) is 60.7. The van der Waals surface area contributed by atoms with E-state index in [-0.39, 0.29) is 31.1 Å². The molecular weight excluding hydrogens is 913 g/mol. The van der Waals surface area contributed by atoms with Crippen molar-refractivity contribution < 1.29 is 28.6 Å². The summed E-state index contributed by atoms with van der Waals surface area (Å²) in [6.07, 6.45) is 78.4. The van der Waals surface area contributed by atoms with Gasteiger partial charge in [-0.1, -0.05) is 320 Å².